The lowest BCUT2D eigenvalue weighted by atomic mass is 10.1. The van der Waals surface area contributed by atoms with Gasteiger partial charge in [-0.05, 0) is 49.2 Å². The molecule has 3 aromatic rings. The average molecular weight is 380 g/mol. The maximum Gasteiger partial charge on any atom is 0.319 e. The van der Waals surface area contributed by atoms with Gasteiger partial charge < -0.3 is 20.1 Å². The number of anilines is 1. The van der Waals surface area contributed by atoms with Crippen molar-refractivity contribution in [3.8, 4) is 17.2 Å². The molecule has 2 N–H and O–H groups in total. The van der Waals surface area contributed by atoms with Crippen LogP contribution < -0.4 is 20.1 Å². The molecule has 0 aliphatic carbocycles. The van der Waals surface area contributed by atoms with Crippen molar-refractivity contribution in [3.63, 3.8) is 0 Å². The predicted octanol–water partition coefficient (Wildman–Crippen LogP) is 3.64. The molecule has 0 radical (unpaired) electrons. The van der Waals surface area contributed by atoms with Gasteiger partial charge in [-0.1, -0.05) is 12.1 Å². The van der Waals surface area contributed by atoms with Crippen LogP contribution in [0.3, 0.4) is 0 Å². The molecule has 7 heteroatoms. The molecule has 7 nitrogen and oxygen atoms in total. The van der Waals surface area contributed by atoms with E-state index in [0.717, 1.165) is 17.7 Å². The van der Waals surface area contributed by atoms with Crippen LogP contribution in [0.4, 0.5) is 10.5 Å². The Bertz CT molecular complexity index is 893. The summed E-state index contributed by atoms with van der Waals surface area (Å²) in [6.07, 6.45) is 4.38. The van der Waals surface area contributed by atoms with E-state index in [-0.39, 0.29) is 6.03 Å². The van der Waals surface area contributed by atoms with E-state index in [9.17, 15) is 4.79 Å². The van der Waals surface area contributed by atoms with Crippen LogP contribution in [0.5, 0.6) is 11.5 Å². The summed E-state index contributed by atoms with van der Waals surface area (Å²) in [6, 6.07) is 15.0. The second-order valence-electron chi connectivity index (χ2n) is 6.05. The molecule has 3 rings (SSSR count). The second-order valence-corrected chi connectivity index (χ2v) is 6.05. The lowest BCUT2D eigenvalue weighted by Crippen LogP contribution is -2.30. The van der Waals surface area contributed by atoms with E-state index in [1.807, 2.05) is 43.5 Å². The standard InChI is InChI=1S/C21H24N4O3/c1-3-28-20-15-17(7-10-19(20)27-2)24-21(26)22-13-11-16-5-8-18(9-6-16)25-14-4-12-23-25/h4-10,12,14-15H,3,11,13H2,1-2H3,(H2,22,24,26). The molecule has 0 aliphatic rings. The van der Waals surface area contributed by atoms with Gasteiger partial charge in [0.1, 0.15) is 0 Å². The van der Waals surface area contributed by atoms with Crippen LogP contribution in [0.25, 0.3) is 5.69 Å². The van der Waals surface area contributed by atoms with E-state index in [0.29, 0.717) is 30.3 Å². The molecule has 0 saturated carbocycles. The molecule has 146 valence electrons. The summed E-state index contributed by atoms with van der Waals surface area (Å²) in [5.41, 5.74) is 2.79. The monoisotopic (exact) mass is 380 g/mol. The number of rotatable bonds is 8. The normalized spacial score (nSPS) is 10.4. The zero-order valence-electron chi connectivity index (χ0n) is 16.0. The number of carbonyl (C=O) groups is 1. The lowest BCUT2D eigenvalue weighted by Gasteiger charge is -2.12. The van der Waals surface area contributed by atoms with Crippen LogP contribution in [0, 0.1) is 0 Å². The maximum atomic E-state index is 12.1. The Morgan fingerprint density at radius 2 is 1.96 bits per heavy atom. The molecule has 0 fully saturated rings. The van der Waals surface area contributed by atoms with Gasteiger partial charge in [0.2, 0.25) is 0 Å². The fraction of sp³-hybridized carbons (Fsp3) is 0.238. The Balaban J connectivity index is 1.48. The van der Waals surface area contributed by atoms with Crippen LogP contribution in [-0.2, 0) is 6.42 Å². The Morgan fingerprint density at radius 1 is 1.14 bits per heavy atom. The highest BCUT2D eigenvalue weighted by molar-refractivity contribution is 5.89. The first-order valence-electron chi connectivity index (χ1n) is 9.14. The minimum atomic E-state index is -0.263. The summed E-state index contributed by atoms with van der Waals surface area (Å²) in [6.45, 7) is 2.94. The zero-order valence-corrected chi connectivity index (χ0v) is 16.0. The molecule has 2 aromatic carbocycles. The number of methoxy groups -OCH3 is 1. The summed E-state index contributed by atoms with van der Waals surface area (Å²) >= 11 is 0. The largest absolute Gasteiger partial charge is 0.493 e. The van der Waals surface area contributed by atoms with Gasteiger partial charge in [-0.3, -0.25) is 0 Å². The van der Waals surface area contributed by atoms with Crippen molar-refractivity contribution in [2.45, 2.75) is 13.3 Å². The molecular weight excluding hydrogens is 356 g/mol. The Labute approximate surface area is 164 Å². The molecule has 2 amide bonds. The minimum Gasteiger partial charge on any atom is -0.493 e. The van der Waals surface area contributed by atoms with Crippen molar-refractivity contribution in [3.05, 3.63) is 66.5 Å². The van der Waals surface area contributed by atoms with Gasteiger partial charge in [-0.2, -0.15) is 5.10 Å². The van der Waals surface area contributed by atoms with Gasteiger partial charge in [-0.15, -0.1) is 0 Å². The van der Waals surface area contributed by atoms with E-state index in [2.05, 4.69) is 15.7 Å². The number of carbonyl (C=O) groups excluding carboxylic acids is 1. The quantitative estimate of drug-likeness (QED) is 0.625. The topological polar surface area (TPSA) is 77.4 Å². The first-order chi connectivity index (χ1) is 13.7. The number of ether oxygens (including phenoxy) is 2. The van der Waals surface area contributed by atoms with Crippen LogP contribution in [-0.4, -0.2) is 36.1 Å². The first-order valence-corrected chi connectivity index (χ1v) is 9.14. The smallest absolute Gasteiger partial charge is 0.319 e. The van der Waals surface area contributed by atoms with Crippen LogP contribution >= 0.6 is 0 Å². The third-order valence-electron chi connectivity index (χ3n) is 4.13. The van der Waals surface area contributed by atoms with Crippen LogP contribution in [0.15, 0.2) is 60.9 Å². The predicted molar refractivity (Wildman–Crippen MR) is 108 cm³/mol. The molecule has 0 unspecified atom stereocenters. The minimum absolute atomic E-state index is 0.263. The number of urea groups is 1. The molecule has 0 atom stereocenters. The lowest BCUT2D eigenvalue weighted by molar-refractivity contribution is 0.252. The summed E-state index contributed by atoms with van der Waals surface area (Å²) < 4.78 is 12.6. The van der Waals surface area contributed by atoms with E-state index >= 15 is 0 Å². The fourth-order valence-corrected chi connectivity index (χ4v) is 2.76. The van der Waals surface area contributed by atoms with Crippen molar-refractivity contribution in [2.75, 3.05) is 25.6 Å². The summed E-state index contributed by atoms with van der Waals surface area (Å²) in [5, 5.41) is 9.88. The fourth-order valence-electron chi connectivity index (χ4n) is 2.76. The van der Waals surface area contributed by atoms with Gasteiger partial charge in [-0.25, -0.2) is 9.48 Å². The molecule has 0 spiro atoms. The number of hydrogen-bond acceptors (Lipinski definition) is 4. The van der Waals surface area contributed by atoms with Gasteiger partial charge in [0, 0.05) is 30.7 Å². The third-order valence-corrected chi connectivity index (χ3v) is 4.13. The van der Waals surface area contributed by atoms with Crippen molar-refractivity contribution in [1.82, 2.24) is 15.1 Å². The van der Waals surface area contributed by atoms with Gasteiger partial charge in [0.15, 0.2) is 11.5 Å². The summed E-state index contributed by atoms with van der Waals surface area (Å²) in [7, 11) is 1.58. The summed E-state index contributed by atoms with van der Waals surface area (Å²) in [5.74, 6) is 1.23. The molecule has 0 aliphatic heterocycles. The van der Waals surface area contributed by atoms with Crippen molar-refractivity contribution in [2.24, 2.45) is 0 Å². The number of benzene rings is 2. The van der Waals surface area contributed by atoms with Gasteiger partial charge in [0.05, 0.1) is 19.4 Å². The molecule has 28 heavy (non-hydrogen) atoms. The molecule has 0 bridgehead atoms. The van der Waals surface area contributed by atoms with Crippen LogP contribution in [0.1, 0.15) is 12.5 Å². The second kappa shape index (κ2) is 9.45. The zero-order chi connectivity index (χ0) is 19.8. The highest BCUT2D eigenvalue weighted by Crippen LogP contribution is 2.30. The molecule has 1 aromatic heterocycles. The number of amides is 2. The number of hydrogen-bond donors (Lipinski definition) is 2. The van der Waals surface area contributed by atoms with Gasteiger partial charge in [0.25, 0.3) is 0 Å². The average Bonchev–Trinajstić information content (AvgIpc) is 3.24. The van der Waals surface area contributed by atoms with Crippen molar-refractivity contribution < 1.29 is 14.3 Å². The first kappa shape index (κ1) is 19.3. The van der Waals surface area contributed by atoms with Crippen LogP contribution in [0.2, 0.25) is 0 Å². The molecule has 0 saturated heterocycles. The van der Waals surface area contributed by atoms with Crippen molar-refractivity contribution in [1.29, 1.82) is 0 Å². The highest BCUT2D eigenvalue weighted by atomic mass is 16.5. The number of nitrogens with zero attached hydrogens (tertiary/aromatic N) is 2. The van der Waals surface area contributed by atoms with Gasteiger partial charge >= 0.3 is 6.03 Å². The van der Waals surface area contributed by atoms with E-state index in [1.54, 1.807) is 36.2 Å². The Hall–Kier alpha value is -3.48. The van der Waals surface area contributed by atoms with Crippen molar-refractivity contribution >= 4 is 11.7 Å². The van der Waals surface area contributed by atoms with E-state index in [1.165, 1.54) is 0 Å². The third kappa shape index (κ3) is 5.03. The summed E-state index contributed by atoms with van der Waals surface area (Å²) in [4.78, 5) is 12.1. The molecule has 1 heterocycles. The Kier molecular flexibility index (Phi) is 6.51. The maximum absolute atomic E-state index is 12.1. The van der Waals surface area contributed by atoms with E-state index in [4.69, 9.17) is 9.47 Å². The van der Waals surface area contributed by atoms with E-state index < -0.39 is 0 Å². The SMILES string of the molecule is CCOc1cc(NC(=O)NCCc2ccc(-n3cccn3)cc2)ccc1OC. The number of nitrogens with one attached hydrogen (secondary N) is 2. The highest BCUT2D eigenvalue weighted by Gasteiger charge is 2.08. The number of aromatic nitrogens is 2. The molecular formula is C21H24N4O3. The Morgan fingerprint density at radius 3 is 2.64 bits per heavy atom.